The van der Waals surface area contributed by atoms with Gasteiger partial charge in [0.05, 0.1) is 56.4 Å². The van der Waals surface area contributed by atoms with Gasteiger partial charge in [-0.05, 0) is 62.4 Å². The van der Waals surface area contributed by atoms with E-state index >= 15 is 0 Å². The number of hydrogen-bond donors (Lipinski definition) is 4. The van der Waals surface area contributed by atoms with Crippen molar-refractivity contribution in [2.75, 3.05) is 0 Å². The number of aromatic carboxylic acids is 2. The maximum absolute atomic E-state index is 13.4. The zero-order chi connectivity index (χ0) is 35.9. The van der Waals surface area contributed by atoms with Crippen LogP contribution in [0, 0.1) is 25.5 Å². The molecule has 2 heterocycles. The third kappa shape index (κ3) is 8.59. The van der Waals surface area contributed by atoms with Gasteiger partial charge in [0.2, 0.25) is 11.8 Å². The number of carbonyl (C=O) groups is 2. The van der Waals surface area contributed by atoms with Crippen LogP contribution in [0.4, 0.5) is 20.2 Å². The van der Waals surface area contributed by atoms with E-state index in [4.69, 9.17) is 10.2 Å². The molecule has 12 nitrogen and oxygen atoms in total. The second-order valence-corrected chi connectivity index (χ2v) is 10.6. The first kappa shape index (κ1) is 37.4. The zero-order valence-corrected chi connectivity index (χ0v) is 27.8. The fourth-order valence-electron chi connectivity index (χ4n) is 4.71. The Morgan fingerprint density at radius 3 is 1.31 bits per heavy atom. The Morgan fingerprint density at radius 1 is 0.627 bits per heavy atom. The quantitative estimate of drug-likeness (QED) is 0.121. The van der Waals surface area contributed by atoms with Crippen LogP contribution in [0.25, 0.3) is 11.4 Å². The molecule has 4 N–H and O–H groups in total. The Morgan fingerprint density at radius 2 is 0.980 bits per heavy atom. The van der Waals surface area contributed by atoms with E-state index in [1.165, 1.54) is 21.8 Å². The molecular formula is C36H28CoF2N6O6. The minimum absolute atomic E-state index is 0. The molecule has 6 rings (SSSR count). The molecular weight excluding hydrogens is 709 g/mol. The summed E-state index contributed by atoms with van der Waals surface area (Å²) < 4.78 is 29.5. The summed E-state index contributed by atoms with van der Waals surface area (Å²) in [6.45, 7) is 3.37. The Hall–Kier alpha value is -6.45. The van der Waals surface area contributed by atoms with Gasteiger partial charge < -0.3 is 20.4 Å². The Balaban J connectivity index is 0.000000224. The topological polar surface area (TPSA) is 175 Å². The van der Waals surface area contributed by atoms with E-state index in [1.54, 1.807) is 38.1 Å². The molecule has 0 saturated carbocycles. The molecule has 0 aliphatic heterocycles. The molecule has 0 aliphatic carbocycles. The van der Waals surface area contributed by atoms with E-state index < -0.39 is 23.6 Å². The first-order chi connectivity index (χ1) is 23.9. The number of aliphatic imine (C=N–C) groups is 2. The van der Waals surface area contributed by atoms with Crippen LogP contribution in [-0.2, 0) is 16.8 Å². The monoisotopic (exact) mass is 737 g/mol. The standard InChI is InChI=1S/2C18H14FN3O3.Co/c2*1-11-15(17(23)22(21-11)13-5-3-2-4-6-13)10-20-16-9-12(19)7-8-14(16)18(24)25;/h2*2-10,23H,1H3,(H,24,25);. The molecule has 6 aromatic rings. The van der Waals surface area contributed by atoms with Crippen LogP contribution in [0.5, 0.6) is 11.8 Å². The van der Waals surface area contributed by atoms with Crippen LogP contribution in [0.1, 0.15) is 43.2 Å². The smallest absolute Gasteiger partial charge is 0.337 e. The number of halogens is 2. The van der Waals surface area contributed by atoms with Gasteiger partial charge in [-0.3, -0.25) is 9.98 Å². The van der Waals surface area contributed by atoms with E-state index in [0.29, 0.717) is 33.9 Å². The maximum atomic E-state index is 13.4. The first-order valence-electron chi connectivity index (χ1n) is 14.8. The van der Waals surface area contributed by atoms with Crippen molar-refractivity contribution >= 4 is 35.7 Å². The molecule has 1 radical (unpaired) electrons. The molecule has 0 fully saturated rings. The van der Waals surface area contributed by atoms with Gasteiger partial charge in [0, 0.05) is 41.3 Å². The van der Waals surface area contributed by atoms with Crippen molar-refractivity contribution in [3.05, 3.63) is 142 Å². The van der Waals surface area contributed by atoms with E-state index in [1.807, 2.05) is 36.4 Å². The first-order valence-corrected chi connectivity index (χ1v) is 14.8. The summed E-state index contributed by atoms with van der Waals surface area (Å²) in [7, 11) is 0. The van der Waals surface area contributed by atoms with Gasteiger partial charge in [0.25, 0.3) is 0 Å². The molecule has 0 bridgehead atoms. The molecule has 0 aliphatic rings. The van der Waals surface area contributed by atoms with Crippen molar-refractivity contribution in [2.45, 2.75) is 13.8 Å². The fraction of sp³-hybridized carbons (Fsp3) is 0.0556. The van der Waals surface area contributed by atoms with Gasteiger partial charge in [-0.2, -0.15) is 10.2 Å². The number of rotatable bonds is 8. The van der Waals surface area contributed by atoms with Crippen molar-refractivity contribution in [2.24, 2.45) is 9.98 Å². The number of aryl methyl sites for hydroxylation is 2. The van der Waals surface area contributed by atoms with Crippen molar-refractivity contribution < 1.29 is 55.6 Å². The molecule has 0 unspecified atom stereocenters. The Bertz CT molecular complexity index is 2100. The third-order valence-electron chi connectivity index (χ3n) is 7.21. The molecule has 0 atom stereocenters. The summed E-state index contributed by atoms with van der Waals surface area (Å²) in [5.41, 5.74) is 2.62. The number of aromatic nitrogens is 4. The number of hydrogen-bond acceptors (Lipinski definition) is 8. The van der Waals surface area contributed by atoms with Crippen LogP contribution < -0.4 is 0 Å². The second-order valence-electron chi connectivity index (χ2n) is 10.6. The Labute approximate surface area is 299 Å². The van der Waals surface area contributed by atoms with E-state index in [2.05, 4.69) is 20.2 Å². The summed E-state index contributed by atoms with van der Waals surface area (Å²) in [5, 5.41) is 47.6. The van der Waals surface area contributed by atoms with E-state index in [-0.39, 0.29) is 51.0 Å². The number of para-hydroxylation sites is 2. The normalized spacial score (nSPS) is 10.9. The van der Waals surface area contributed by atoms with Gasteiger partial charge in [0.15, 0.2) is 0 Å². The summed E-state index contributed by atoms with van der Waals surface area (Å²) in [4.78, 5) is 30.5. The molecule has 51 heavy (non-hydrogen) atoms. The minimum Gasteiger partial charge on any atom is -0.493 e. The predicted octanol–water partition coefficient (Wildman–Crippen LogP) is 6.95. The molecule has 261 valence electrons. The van der Waals surface area contributed by atoms with Crippen molar-refractivity contribution in [1.29, 1.82) is 0 Å². The van der Waals surface area contributed by atoms with E-state index in [0.717, 1.165) is 36.4 Å². The molecule has 0 amide bonds. The number of benzene rings is 4. The third-order valence-corrected chi connectivity index (χ3v) is 7.21. The van der Waals surface area contributed by atoms with Gasteiger partial charge in [-0.1, -0.05) is 36.4 Å². The van der Waals surface area contributed by atoms with Crippen LogP contribution in [0.3, 0.4) is 0 Å². The predicted molar refractivity (Wildman–Crippen MR) is 181 cm³/mol. The molecule has 2 aromatic heterocycles. The van der Waals surface area contributed by atoms with Gasteiger partial charge in [0.1, 0.15) is 11.6 Å². The Kier molecular flexibility index (Phi) is 11.9. The fourth-order valence-corrected chi connectivity index (χ4v) is 4.71. The van der Waals surface area contributed by atoms with Gasteiger partial charge in [-0.15, -0.1) is 0 Å². The zero-order valence-electron chi connectivity index (χ0n) is 26.8. The van der Waals surface area contributed by atoms with Crippen molar-refractivity contribution in [1.82, 2.24) is 19.6 Å². The van der Waals surface area contributed by atoms with E-state index in [9.17, 15) is 28.6 Å². The summed E-state index contributed by atoms with van der Waals surface area (Å²) in [6.07, 6.45) is 2.55. The number of carboxylic acid groups (broad SMARTS) is 2. The summed E-state index contributed by atoms with van der Waals surface area (Å²) in [6, 6.07) is 24.5. The molecule has 0 saturated heterocycles. The summed E-state index contributed by atoms with van der Waals surface area (Å²) in [5.74, 6) is -3.90. The van der Waals surface area contributed by atoms with Crippen molar-refractivity contribution in [3.8, 4) is 23.1 Å². The average Bonchev–Trinajstić information content (AvgIpc) is 3.55. The summed E-state index contributed by atoms with van der Waals surface area (Å²) >= 11 is 0. The molecule has 15 heteroatoms. The van der Waals surface area contributed by atoms with Gasteiger partial charge >= 0.3 is 11.9 Å². The van der Waals surface area contributed by atoms with Gasteiger partial charge in [-0.25, -0.2) is 27.7 Å². The largest absolute Gasteiger partial charge is 0.493 e. The van der Waals surface area contributed by atoms with Crippen LogP contribution in [0.2, 0.25) is 0 Å². The number of carboxylic acids is 2. The number of nitrogens with zero attached hydrogens (tertiary/aromatic N) is 6. The SMILES string of the molecule is Cc1nn(-c2ccccc2)c(O)c1C=Nc1cc(F)ccc1C(=O)O.Cc1nn(-c2ccccc2)c(O)c1C=Nc1cc(F)ccc1C(=O)O.[Co]. The molecule has 0 spiro atoms. The van der Waals surface area contributed by atoms with Crippen molar-refractivity contribution in [3.63, 3.8) is 0 Å². The second kappa shape index (κ2) is 16.3. The minimum atomic E-state index is -1.21. The van der Waals surface area contributed by atoms with Crippen LogP contribution >= 0.6 is 0 Å². The molecule has 4 aromatic carbocycles. The van der Waals surface area contributed by atoms with Crippen LogP contribution in [0.15, 0.2) is 107 Å². The average molecular weight is 738 g/mol. The number of aromatic hydroxyl groups is 2. The van der Waals surface area contributed by atoms with Crippen LogP contribution in [-0.4, -0.2) is 64.4 Å². The maximum Gasteiger partial charge on any atom is 0.337 e.